The van der Waals surface area contributed by atoms with Crippen LogP contribution in [0.15, 0.2) is 0 Å². The average Bonchev–Trinajstić information content (AvgIpc) is 1.98. The Hall–Kier alpha value is -0.370. The van der Waals surface area contributed by atoms with Crippen molar-refractivity contribution in [2.75, 3.05) is 0 Å². The lowest BCUT2D eigenvalue weighted by molar-refractivity contribution is -0.127. The smallest absolute Gasteiger partial charge is 0.138 e. The molecule has 0 radical (unpaired) electrons. The molecule has 0 aliphatic rings. The highest BCUT2D eigenvalue weighted by Crippen LogP contribution is 2.22. The molecule has 0 aliphatic carbocycles. The van der Waals surface area contributed by atoms with Gasteiger partial charge in [0.15, 0.2) is 0 Å². The Labute approximate surface area is 81.3 Å². The van der Waals surface area contributed by atoms with Crippen LogP contribution in [0.3, 0.4) is 0 Å². The quantitative estimate of drug-likeness (QED) is 0.732. The van der Waals surface area contributed by atoms with Gasteiger partial charge in [0, 0.05) is 11.8 Å². The van der Waals surface area contributed by atoms with Crippen LogP contribution in [0.5, 0.6) is 0 Å². The third kappa shape index (κ3) is 5.04. The Morgan fingerprint density at radius 1 is 1.23 bits per heavy atom. The first kappa shape index (κ1) is 12.6. The third-order valence-electron chi connectivity index (χ3n) is 2.49. The molecule has 0 rings (SSSR count). The summed E-state index contributed by atoms with van der Waals surface area (Å²) in [4.78, 5) is 11.5. The monoisotopic (exact) mass is 186 g/mol. The van der Waals surface area contributed by atoms with Crippen molar-refractivity contribution in [2.45, 2.75) is 59.5 Å². The predicted octanol–water partition coefficient (Wildman–Crippen LogP) is 2.54. The molecule has 78 valence electrons. The van der Waals surface area contributed by atoms with E-state index in [0.29, 0.717) is 19.3 Å². The molecule has 1 unspecified atom stereocenters. The Morgan fingerprint density at radius 3 is 2.00 bits per heavy atom. The van der Waals surface area contributed by atoms with Crippen molar-refractivity contribution in [2.24, 2.45) is 5.41 Å². The fourth-order valence-corrected chi connectivity index (χ4v) is 0.935. The first-order valence-corrected chi connectivity index (χ1v) is 4.95. The van der Waals surface area contributed by atoms with E-state index in [-0.39, 0.29) is 11.2 Å². The molecule has 2 nitrogen and oxygen atoms in total. The summed E-state index contributed by atoms with van der Waals surface area (Å²) in [5, 5.41) is 9.69. The number of carbonyl (C=O) groups is 1. The van der Waals surface area contributed by atoms with Crippen molar-refractivity contribution in [3.63, 3.8) is 0 Å². The van der Waals surface area contributed by atoms with Crippen molar-refractivity contribution < 1.29 is 9.90 Å². The molecule has 0 bridgehead atoms. The summed E-state index contributed by atoms with van der Waals surface area (Å²) in [7, 11) is 0. The summed E-state index contributed by atoms with van der Waals surface area (Å²) in [5.41, 5.74) is -0.954. The molecule has 0 aromatic heterocycles. The van der Waals surface area contributed by atoms with Gasteiger partial charge in [-0.25, -0.2) is 0 Å². The maximum absolute atomic E-state index is 11.5. The maximum Gasteiger partial charge on any atom is 0.138 e. The Bertz CT molecular complexity index is 175. The van der Waals surface area contributed by atoms with Crippen LogP contribution in [0.1, 0.15) is 53.9 Å². The number of hydrogen-bond donors (Lipinski definition) is 1. The molecule has 1 atom stereocenters. The van der Waals surface area contributed by atoms with Crippen molar-refractivity contribution >= 4 is 5.78 Å². The first-order valence-electron chi connectivity index (χ1n) is 4.95. The molecular weight excluding hydrogens is 164 g/mol. The van der Waals surface area contributed by atoms with E-state index in [4.69, 9.17) is 0 Å². The van der Waals surface area contributed by atoms with E-state index in [1.807, 2.05) is 27.7 Å². The minimum atomic E-state index is -0.680. The van der Waals surface area contributed by atoms with E-state index in [2.05, 4.69) is 0 Å². The van der Waals surface area contributed by atoms with Gasteiger partial charge in [-0.15, -0.1) is 0 Å². The van der Waals surface area contributed by atoms with Gasteiger partial charge < -0.3 is 5.11 Å². The fraction of sp³-hybridized carbons (Fsp3) is 0.909. The van der Waals surface area contributed by atoms with Crippen LogP contribution >= 0.6 is 0 Å². The second kappa shape index (κ2) is 4.23. The van der Waals surface area contributed by atoms with E-state index in [9.17, 15) is 9.90 Å². The summed E-state index contributed by atoms with van der Waals surface area (Å²) in [6, 6.07) is 0. The minimum Gasteiger partial charge on any atom is -0.390 e. The van der Waals surface area contributed by atoms with Gasteiger partial charge in [0.25, 0.3) is 0 Å². The predicted molar refractivity (Wildman–Crippen MR) is 54.6 cm³/mol. The number of carbonyl (C=O) groups excluding carboxylic acids is 1. The average molecular weight is 186 g/mol. The topological polar surface area (TPSA) is 37.3 Å². The molecule has 13 heavy (non-hydrogen) atoms. The van der Waals surface area contributed by atoms with Crippen LogP contribution in [0.2, 0.25) is 0 Å². The van der Waals surface area contributed by atoms with E-state index in [1.165, 1.54) is 0 Å². The van der Waals surface area contributed by atoms with Crippen molar-refractivity contribution in [3.05, 3.63) is 0 Å². The molecule has 0 spiro atoms. The van der Waals surface area contributed by atoms with Crippen molar-refractivity contribution in [1.82, 2.24) is 0 Å². The molecule has 1 N–H and O–H groups in total. The molecule has 0 aromatic rings. The van der Waals surface area contributed by atoms with Crippen LogP contribution in [0.4, 0.5) is 0 Å². The molecule has 2 heteroatoms. The largest absolute Gasteiger partial charge is 0.390 e. The second-order valence-electron chi connectivity index (χ2n) is 5.02. The minimum absolute atomic E-state index is 0.223. The van der Waals surface area contributed by atoms with Gasteiger partial charge in [-0.1, -0.05) is 27.7 Å². The van der Waals surface area contributed by atoms with E-state index < -0.39 is 5.60 Å². The molecule has 0 saturated heterocycles. The summed E-state index contributed by atoms with van der Waals surface area (Å²) < 4.78 is 0. The van der Waals surface area contributed by atoms with Crippen LogP contribution in [0, 0.1) is 5.41 Å². The van der Waals surface area contributed by atoms with Gasteiger partial charge in [-0.3, -0.25) is 4.79 Å². The SMILES string of the molecule is CCC(C)(O)CCC(=O)C(C)(C)C. The van der Waals surface area contributed by atoms with Crippen LogP contribution in [0.25, 0.3) is 0 Å². The Kier molecular flexibility index (Phi) is 4.11. The lowest BCUT2D eigenvalue weighted by Crippen LogP contribution is -2.27. The zero-order valence-corrected chi connectivity index (χ0v) is 9.48. The van der Waals surface area contributed by atoms with Gasteiger partial charge in [-0.05, 0) is 19.8 Å². The lowest BCUT2D eigenvalue weighted by atomic mass is 9.85. The molecule has 0 amide bonds. The van der Waals surface area contributed by atoms with Crippen LogP contribution in [-0.2, 0) is 4.79 Å². The Morgan fingerprint density at radius 2 is 1.69 bits per heavy atom. The second-order valence-corrected chi connectivity index (χ2v) is 5.02. The zero-order chi connectivity index (χ0) is 10.7. The first-order chi connectivity index (χ1) is 5.69. The van der Waals surface area contributed by atoms with E-state index >= 15 is 0 Å². The maximum atomic E-state index is 11.5. The number of aliphatic hydroxyl groups is 1. The molecule has 0 aromatic carbocycles. The van der Waals surface area contributed by atoms with Gasteiger partial charge in [-0.2, -0.15) is 0 Å². The summed E-state index contributed by atoms with van der Waals surface area (Å²) in [5.74, 6) is 0.223. The summed E-state index contributed by atoms with van der Waals surface area (Å²) >= 11 is 0. The van der Waals surface area contributed by atoms with Gasteiger partial charge in [0.2, 0.25) is 0 Å². The Balaban J connectivity index is 3.98. The fourth-order valence-electron chi connectivity index (χ4n) is 0.935. The molecular formula is C11H22O2. The standard InChI is InChI=1S/C11H22O2/c1-6-11(5,13)8-7-9(12)10(2,3)4/h13H,6-8H2,1-5H3. The number of ketones is 1. The highest BCUT2D eigenvalue weighted by atomic mass is 16.3. The van der Waals surface area contributed by atoms with Gasteiger partial charge in [0.05, 0.1) is 5.60 Å². The molecule has 0 saturated carbocycles. The summed E-state index contributed by atoms with van der Waals surface area (Å²) in [6.45, 7) is 9.45. The van der Waals surface area contributed by atoms with Gasteiger partial charge >= 0.3 is 0 Å². The molecule has 0 fully saturated rings. The van der Waals surface area contributed by atoms with E-state index in [0.717, 1.165) is 0 Å². The number of hydrogen-bond acceptors (Lipinski definition) is 2. The van der Waals surface area contributed by atoms with Gasteiger partial charge in [0.1, 0.15) is 5.78 Å². The normalized spacial score (nSPS) is 16.8. The highest BCUT2D eigenvalue weighted by Gasteiger charge is 2.25. The molecule has 0 heterocycles. The van der Waals surface area contributed by atoms with Crippen molar-refractivity contribution in [3.8, 4) is 0 Å². The molecule has 0 aliphatic heterocycles. The number of rotatable bonds is 4. The van der Waals surface area contributed by atoms with E-state index in [1.54, 1.807) is 6.92 Å². The van der Waals surface area contributed by atoms with Crippen molar-refractivity contribution in [1.29, 1.82) is 0 Å². The lowest BCUT2D eigenvalue weighted by Gasteiger charge is -2.23. The van der Waals surface area contributed by atoms with Crippen LogP contribution < -0.4 is 0 Å². The number of Topliss-reactive ketones (excluding diaryl/α,β-unsaturated/α-hetero) is 1. The highest BCUT2D eigenvalue weighted by molar-refractivity contribution is 5.83. The summed E-state index contributed by atoms with van der Waals surface area (Å²) in [6.07, 6.45) is 1.74. The van der Waals surface area contributed by atoms with Crippen LogP contribution in [-0.4, -0.2) is 16.5 Å². The zero-order valence-electron chi connectivity index (χ0n) is 9.48. The third-order valence-corrected chi connectivity index (χ3v) is 2.49.